The van der Waals surface area contributed by atoms with Crippen LogP contribution in [-0.2, 0) is 4.79 Å². The van der Waals surface area contributed by atoms with Crippen molar-refractivity contribution in [2.75, 3.05) is 13.6 Å². The van der Waals surface area contributed by atoms with Crippen LogP contribution < -0.4 is 16.4 Å². The number of nitrogens with two attached hydrogens (primary N) is 1. The number of carbonyl (C=O) groups is 1. The number of hydrogen-bond donors (Lipinski definition) is 3. The Labute approximate surface area is 72.9 Å². The van der Waals surface area contributed by atoms with Crippen molar-refractivity contribution in [3.8, 4) is 0 Å². The van der Waals surface area contributed by atoms with E-state index in [4.69, 9.17) is 5.73 Å². The Morgan fingerprint density at radius 1 is 1.58 bits per heavy atom. The summed E-state index contributed by atoms with van der Waals surface area (Å²) in [6, 6.07) is 0.923. The van der Waals surface area contributed by atoms with Crippen molar-refractivity contribution in [1.29, 1.82) is 0 Å². The molecular formula is C8H17N3O. The summed E-state index contributed by atoms with van der Waals surface area (Å²) in [7, 11) is 1.65. The van der Waals surface area contributed by atoms with Gasteiger partial charge in [-0.25, -0.2) is 0 Å². The summed E-state index contributed by atoms with van der Waals surface area (Å²) in [6.45, 7) is 0.761. The third kappa shape index (κ3) is 2.79. The van der Waals surface area contributed by atoms with E-state index in [2.05, 4.69) is 10.6 Å². The van der Waals surface area contributed by atoms with E-state index >= 15 is 0 Å². The molecule has 0 bridgehead atoms. The fraction of sp³-hybridized carbons (Fsp3) is 0.875. The molecule has 70 valence electrons. The molecule has 12 heavy (non-hydrogen) atoms. The third-order valence-electron chi connectivity index (χ3n) is 2.24. The van der Waals surface area contributed by atoms with Gasteiger partial charge in [-0.15, -0.1) is 0 Å². The molecule has 1 saturated carbocycles. The first kappa shape index (κ1) is 9.48. The second-order valence-electron chi connectivity index (χ2n) is 3.31. The molecular weight excluding hydrogens is 154 g/mol. The monoisotopic (exact) mass is 171 g/mol. The van der Waals surface area contributed by atoms with Gasteiger partial charge in [0.2, 0.25) is 5.91 Å². The van der Waals surface area contributed by atoms with Crippen LogP contribution in [0.3, 0.4) is 0 Å². The van der Waals surface area contributed by atoms with Crippen LogP contribution in [0, 0.1) is 0 Å². The summed E-state index contributed by atoms with van der Waals surface area (Å²) in [5, 5.41) is 5.85. The fourth-order valence-electron chi connectivity index (χ4n) is 1.34. The van der Waals surface area contributed by atoms with Crippen molar-refractivity contribution in [3.05, 3.63) is 0 Å². The Hall–Kier alpha value is -0.610. The molecule has 1 aliphatic rings. The first-order valence-electron chi connectivity index (χ1n) is 4.42. The van der Waals surface area contributed by atoms with Crippen molar-refractivity contribution < 1.29 is 4.79 Å². The Balaban J connectivity index is 1.93. The Bertz CT molecular complexity index is 154. The number of nitrogens with one attached hydrogen (secondary N) is 2. The second kappa shape index (κ2) is 4.42. The molecule has 0 unspecified atom stereocenters. The largest absolute Gasteiger partial charge is 0.359 e. The molecule has 1 amide bonds. The topological polar surface area (TPSA) is 67.2 Å². The minimum atomic E-state index is 0.0890. The van der Waals surface area contributed by atoms with Gasteiger partial charge in [0.25, 0.3) is 0 Å². The highest BCUT2D eigenvalue weighted by atomic mass is 16.1. The van der Waals surface area contributed by atoms with E-state index in [-0.39, 0.29) is 5.91 Å². The molecule has 0 aliphatic heterocycles. The van der Waals surface area contributed by atoms with Crippen molar-refractivity contribution in [3.63, 3.8) is 0 Å². The van der Waals surface area contributed by atoms with Gasteiger partial charge in [0.05, 0.1) is 0 Å². The van der Waals surface area contributed by atoms with Crippen molar-refractivity contribution in [2.24, 2.45) is 5.73 Å². The minimum Gasteiger partial charge on any atom is -0.359 e. The van der Waals surface area contributed by atoms with E-state index in [9.17, 15) is 4.79 Å². The number of amides is 1. The van der Waals surface area contributed by atoms with Gasteiger partial charge < -0.3 is 16.4 Å². The Morgan fingerprint density at radius 3 is 2.75 bits per heavy atom. The van der Waals surface area contributed by atoms with E-state index in [1.807, 2.05) is 0 Å². The van der Waals surface area contributed by atoms with Crippen LogP contribution in [0.5, 0.6) is 0 Å². The van der Waals surface area contributed by atoms with Crippen LogP contribution in [0.1, 0.15) is 19.3 Å². The van der Waals surface area contributed by atoms with Crippen molar-refractivity contribution in [2.45, 2.75) is 31.3 Å². The van der Waals surface area contributed by atoms with E-state index in [0.29, 0.717) is 18.5 Å². The van der Waals surface area contributed by atoms with Crippen LogP contribution >= 0.6 is 0 Å². The van der Waals surface area contributed by atoms with E-state index in [0.717, 1.165) is 19.4 Å². The fourth-order valence-corrected chi connectivity index (χ4v) is 1.34. The maximum atomic E-state index is 10.8. The van der Waals surface area contributed by atoms with Crippen LogP contribution in [0.25, 0.3) is 0 Å². The minimum absolute atomic E-state index is 0.0890. The molecule has 1 fully saturated rings. The van der Waals surface area contributed by atoms with E-state index < -0.39 is 0 Å². The molecule has 4 nitrogen and oxygen atoms in total. The van der Waals surface area contributed by atoms with Gasteiger partial charge >= 0.3 is 0 Å². The quantitative estimate of drug-likeness (QED) is 0.519. The SMILES string of the molecule is CNC(=O)CCNC1CC(N)C1. The molecule has 0 spiro atoms. The highest BCUT2D eigenvalue weighted by Crippen LogP contribution is 2.16. The van der Waals surface area contributed by atoms with Gasteiger partial charge in [-0.05, 0) is 12.8 Å². The van der Waals surface area contributed by atoms with E-state index in [1.54, 1.807) is 7.05 Å². The average Bonchev–Trinajstić information content (AvgIpc) is 2.01. The van der Waals surface area contributed by atoms with Crippen LogP contribution in [0.4, 0.5) is 0 Å². The van der Waals surface area contributed by atoms with Gasteiger partial charge in [-0.2, -0.15) is 0 Å². The summed E-state index contributed by atoms with van der Waals surface area (Å²) in [5.74, 6) is 0.0890. The third-order valence-corrected chi connectivity index (χ3v) is 2.24. The standard InChI is InChI=1S/C8H17N3O/c1-10-8(12)2-3-11-7-4-6(9)5-7/h6-7,11H,2-5,9H2,1H3,(H,10,12). The second-order valence-corrected chi connectivity index (χ2v) is 3.31. The zero-order valence-corrected chi connectivity index (χ0v) is 7.47. The van der Waals surface area contributed by atoms with Crippen molar-refractivity contribution in [1.82, 2.24) is 10.6 Å². The van der Waals surface area contributed by atoms with Crippen molar-refractivity contribution >= 4 is 5.91 Å². The lowest BCUT2D eigenvalue weighted by atomic mass is 9.88. The van der Waals surface area contributed by atoms with Crippen LogP contribution in [0.2, 0.25) is 0 Å². The molecule has 1 rings (SSSR count). The van der Waals surface area contributed by atoms with Gasteiger partial charge in [0, 0.05) is 32.1 Å². The molecule has 0 saturated heterocycles. The summed E-state index contributed by atoms with van der Waals surface area (Å²) in [6.07, 6.45) is 2.66. The molecule has 0 aromatic carbocycles. The highest BCUT2D eigenvalue weighted by Gasteiger charge is 2.24. The van der Waals surface area contributed by atoms with Gasteiger partial charge in [-0.3, -0.25) is 4.79 Å². The maximum absolute atomic E-state index is 10.8. The molecule has 0 heterocycles. The predicted octanol–water partition coefficient (Wildman–Crippen LogP) is -0.798. The molecule has 4 heteroatoms. The number of hydrogen-bond acceptors (Lipinski definition) is 3. The van der Waals surface area contributed by atoms with Gasteiger partial charge in [0.15, 0.2) is 0 Å². The number of carbonyl (C=O) groups excluding carboxylic acids is 1. The predicted molar refractivity (Wildman–Crippen MR) is 47.7 cm³/mol. The van der Waals surface area contributed by atoms with Gasteiger partial charge in [-0.1, -0.05) is 0 Å². The smallest absolute Gasteiger partial charge is 0.221 e. The van der Waals surface area contributed by atoms with Crippen LogP contribution in [0.15, 0.2) is 0 Å². The lowest BCUT2D eigenvalue weighted by Gasteiger charge is -2.33. The lowest BCUT2D eigenvalue weighted by molar-refractivity contribution is -0.120. The first-order valence-corrected chi connectivity index (χ1v) is 4.42. The van der Waals surface area contributed by atoms with E-state index in [1.165, 1.54) is 0 Å². The lowest BCUT2D eigenvalue weighted by Crippen LogP contribution is -2.49. The highest BCUT2D eigenvalue weighted by molar-refractivity contribution is 5.75. The zero-order chi connectivity index (χ0) is 8.97. The maximum Gasteiger partial charge on any atom is 0.221 e. The van der Waals surface area contributed by atoms with Crippen LogP contribution in [-0.4, -0.2) is 31.6 Å². The Morgan fingerprint density at radius 2 is 2.25 bits per heavy atom. The molecule has 1 aliphatic carbocycles. The Kier molecular flexibility index (Phi) is 3.49. The molecule has 0 aromatic rings. The summed E-state index contributed by atoms with van der Waals surface area (Å²) >= 11 is 0. The summed E-state index contributed by atoms with van der Waals surface area (Å²) < 4.78 is 0. The first-order chi connectivity index (χ1) is 5.72. The summed E-state index contributed by atoms with van der Waals surface area (Å²) in [5.41, 5.74) is 5.61. The normalized spacial score (nSPS) is 27.8. The molecule has 0 radical (unpaired) electrons. The number of rotatable bonds is 4. The summed E-state index contributed by atoms with van der Waals surface area (Å²) in [4.78, 5) is 10.8. The molecule has 4 N–H and O–H groups in total. The zero-order valence-electron chi connectivity index (χ0n) is 7.47. The molecule has 0 aromatic heterocycles. The molecule has 0 atom stereocenters. The average molecular weight is 171 g/mol. The van der Waals surface area contributed by atoms with Gasteiger partial charge in [0.1, 0.15) is 0 Å².